The predicted molar refractivity (Wildman–Crippen MR) is 56.9 cm³/mol. The highest BCUT2D eigenvalue weighted by Crippen LogP contribution is 2.29. The van der Waals surface area contributed by atoms with Crippen molar-refractivity contribution in [2.75, 3.05) is 13.1 Å². The summed E-state index contributed by atoms with van der Waals surface area (Å²) in [6.07, 6.45) is -0.000452. The Bertz CT molecular complexity index is 326. The summed E-state index contributed by atoms with van der Waals surface area (Å²) in [5.41, 5.74) is 0. The average Bonchev–Trinajstić information content (AvgIpc) is 2.59. The van der Waals surface area contributed by atoms with E-state index in [9.17, 15) is 8.78 Å². The molecule has 1 saturated heterocycles. The van der Waals surface area contributed by atoms with Crippen molar-refractivity contribution in [2.24, 2.45) is 0 Å². The van der Waals surface area contributed by atoms with Crippen LogP contribution in [-0.2, 0) is 6.54 Å². The molecular formula is C9H10BrF2NS. The van der Waals surface area contributed by atoms with Crippen LogP contribution in [0.4, 0.5) is 8.78 Å². The predicted octanol–water partition coefficient (Wildman–Crippen LogP) is 3.35. The minimum Gasteiger partial charge on any atom is -0.292 e. The summed E-state index contributed by atoms with van der Waals surface area (Å²) < 4.78 is 26.7. The summed E-state index contributed by atoms with van der Waals surface area (Å²) in [4.78, 5) is 2.94. The van der Waals surface area contributed by atoms with Crippen LogP contribution in [0.15, 0.2) is 15.9 Å². The zero-order valence-electron chi connectivity index (χ0n) is 7.47. The molecule has 2 heterocycles. The minimum absolute atomic E-state index is 0.000452. The first kappa shape index (κ1) is 10.5. The van der Waals surface area contributed by atoms with Gasteiger partial charge < -0.3 is 0 Å². The van der Waals surface area contributed by atoms with Gasteiger partial charge in [-0.1, -0.05) is 0 Å². The second-order valence-corrected chi connectivity index (χ2v) is 5.46. The van der Waals surface area contributed by atoms with Crippen molar-refractivity contribution in [3.8, 4) is 0 Å². The molecule has 0 saturated carbocycles. The standard InChI is InChI=1S/C9H10BrF2NS/c10-7-3-8(14-5-7)4-13-2-1-9(11,12)6-13/h3,5H,1-2,4,6H2. The maximum absolute atomic E-state index is 12.9. The third-order valence-electron chi connectivity index (χ3n) is 2.25. The summed E-state index contributed by atoms with van der Waals surface area (Å²) in [5, 5.41) is 1.98. The zero-order valence-corrected chi connectivity index (χ0v) is 9.87. The Hall–Kier alpha value is -0.0000000000000000833. The average molecular weight is 282 g/mol. The highest BCUT2D eigenvalue weighted by Gasteiger charge is 2.37. The van der Waals surface area contributed by atoms with Gasteiger partial charge in [0, 0.05) is 34.2 Å². The number of hydrogen-bond acceptors (Lipinski definition) is 2. The Labute approximate surface area is 93.8 Å². The molecule has 0 spiro atoms. The monoisotopic (exact) mass is 281 g/mol. The number of hydrogen-bond donors (Lipinski definition) is 0. The fraction of sp³-hybridized carbons (Fsp3) is 0.556. The van der Waals surface area contributed by atoms with Gasteiger partial charge in [-0.05, 0) is 22.0 Å². The van der Waals surface area contributed by atoms with Crippen LogP contribution < -0.4 is 0 Å². The lowest BCUT2D eigenvalue weighted by Crippen LogP contribution is -2.24. The normalized spacial score (nSPS) is 21.6. The second kappa shape index (κ2) is 3.87. The van der Waals surface area contributed by atoms with Crippen molar-refractivity contribution in [1.82, 2.24) is 4.90 Å². The van der Waals surface area contributed by atoms with Gasteiger partial charge >= 0.3 is 0 Å². The third-order valence-corrected chi connectivity index (χ3v) is 3.93. The molecule has 1 aromatic rings. The molecular weight excluding hydrogens is 272 g/mol. The number of halogens is 3. The first-order chi connectivity index (χ1) is 6.55. The highest BCUT2D eigenvalue weighted by molar-refractivity contribution is 9.10. The van der Waals surface area contributed by atoms with E-state index in [0.29, 0.717) is 13.1 Å². The Kier molecular flexibility index (Phi) is 2.91. The van der Waals surface area contributed by atoms with Gasteiger partial charge in [-0.15, -0.1) is 11.3 Å². The van der Waals surface area contributed by atoms with Crippen LogP contribution in [0, 0.1) is 0 Å². The molecule has 1 fully saturated rings. The van der Waals surface area contributed by atoms with E-state index in [-0.39, 0.29) is 13.0 Å². The van der Waals surface area contributed by atoms with E-state index >= 15 is 0 Å². The van der Waals surface area contributed by atoms with Gasteiger partial charge in [0.15, 0.2) is 0 Å². The molecule has 78 valence electrons. The molecule has 14 heavy (non-hydrogen) atoms. The maximum Gasteiger partial charge on any atom is 0.261 e. The van der Waals surface area contributed by atoms with Crippen LogP contribution in [0.1, 0.15) is 11.3 Å². The lowest BCUT2D eigenvalue weighted by atomic mass is 10.3. The molecule has 0 amide bonds. The molecule has 1 aromatic heterocycles. The van der Waals surface area contributed by atoms with Gasteiger partial charge in [-0.25, -0.2) is 8.78 Å². The van der Waals surface area contributed by atoms with Crippen molar-refractivity contribution >= 4 is 27.3 Å². The van der Waals surface area contributed by atoms with Crippen LogP contribution in [0.2, 0.25) is 0 Å². The quantitative estimate of drug-likeness (QED) is 0.804. The summed E-state index contributed by atoms with van der Waals surface area (Å²) in [6, 6.07) is 1.99. The first-order valence-electron chi connectivity index (χ1n) is 4.38. The molecule has 0 N–H and O–H groups in total. The van der Waals surface area contributed by atoms with Gasteiger partial charge in [-0.2, -0.15) is 0 Å². The number of nitrogens with zero attached hydrogens (tertiary/aromatic N) is 1. The lowest BCUT2D eigenvalue weighted by molar-refractivity contribution is 0.0116. The van der Waals surface area contributed by atoms with Crippen LogP contribution >= 0.6 is 27.3 Å². The fourth-order valence-electron chi connectivity index (χ4n) is 1.60. The van der Waals surface area contributed by atoms with E-state index in [0.717, 1.165) is 9.35 Å². The fourth-order valence-corrected chi connectivity index (χ4v) is 3.09. The molecule has 0 radical (unpaired) electrons. The van der Waals surface area contributed by atoms with Crippen molar-refractivity contribution < 1.29 is 8.78 Å². The van der Waals surface area contributed by atoms with Crippen LogP contribution in [0.3, 0.4) is 0 Å². The van der Waals surface area contributed by atoms with E-state index in [4.69, 9.17) is 0 Å². The van der Waals surface area contributed by atoms with Gasteiger partial charge in [0.05, 0.1) is 6.54 Å². The van der Waals surface area contributed by atoms with Crippen LogP contribution in [-0.4, -0.2) is 23.9 Å². The summed E-state index contributed by atoms with van der Waals surface area (Å²) in [5.74, 6) is -2.48. The van der Waals surface area contributed by atoms with E-state index < -0.39 is 5.92 Å². The zero-order chi connectivity index (χ0) is 10.2. The Balaban J connectivity index is 1.94. The summed E-state index contributed by atoms with van der Waals surface area (Å²) in [7, 11) is 0. The van der Waals surface area contributed by atoms with Crippen molar-refractivity contribution in [3.05, 3.63) is 20.8 Å². The molecule has 1 aliphatic rings. The van der Waals surface area contributed by atoms with Crippen molar-refractivity contribution in [1.29, 1.82) is 0 Å². The SMILES string of the molecule is FC1(F)CCN(Cc2cc(Br)cs2)C1. The van der Waals surface area contributed by atoms with Crippen LogP contribution in [0.25, 0.3) is 0 Å². The molecule has 0 atom stereocenters. The lowest BCUT2D eigenvalue weighted by Gasteiger charge is -2.13. The topological polar surface area (TPSA) is 3.24 Å². The second-order valence-electron chi connectivity index (χ2n) is 3.55. The van der Waals surface area contributed by atoms with Gasteiger partial charge in [0.1, 0.15) is 0 Å². The maximum atomic E-state index is 12.9. The van der Waals surface area contributed by atoms with Gasteiger partial charge in [-0.3, -0.25) is 4.90 Å². The molecule has 0 aromatic carbocycles. The van der Waals surface area contributed by atoms with Gasteiger partial charge in [0.25, 0.3) is 5.92 Å². The summed E-state index contributed by atoms with van der Waals surface area (Å²) in [6.45, 7) is 1.05. The molecule has 5 heteroatoms. The molecule has 0 unspecified atom stereocenters. The van der Waals surface area contributed by atoms with E-state index in [1.54, 1.807) is 16.2 Å². The minimum atomic E-state index is -2.48. The third kappa shape index (κ3) is 2.52. The molecule has 1 aliphatic heterocycles. The molecule has 0 aliphatic carbocycles. The Morgan fingerprint density at radius 1 is 1.57 bits per heavy atom. The molecule has 0 bridgehead atoms. The number of alkyl halides is 2. The highest BCUT2D eigenvalue weighted by atomic mass is 79.9. The van der Waals surface area contributed by atoms with E-state index in [2.05, 4.69) is 15.9 Å². The van der Waals surface area contributed by atoms with Crippen molar-refractivity contribution in [3.63, 3.8) is 0 Å². The number of rotatable bonds is 2. The first-order valence-corrected chi connectivity index (χ1v) is 6.05. The Morgan fingerprint density at radius 2 is 2.36 bits per heavy atom. The van der Waals surface area contributed by atoms with Crippen molar-refractivity contribution in [2.45, 2.75) is 18.9 Å². The van der Waals surface area contributed by atoms with Gasteiger partial charge in [0.2, 0.25) is 0 Å². The smallest absolute Gasteiger partial charge is 0.261 e. The molecule has 1 nitrogen and oxygen atoms in total. The molecule has 2 rings (SSSR count). The van der Waals surface area contributed by atoms with E-state index in [1.165, 1.54) is 0 Å². The summed E-state index contributed by atoms with van der Waals surface area (Å²) >= 11 is 4.95. The van der Waals surface area contributed by atoms with Crippen LogP contribution in [0.5, 0.6) is 0 Å². The largest absolute Gasteiger partial charge is 0.292 e. The number of likely N-dealkylation sites (tertiary alicyclic amines) is 1. The van der Waals surface area contributed by atoms with E-state index in [1.807, 2.05) is 11.4 Å². The number of thiophene rings is 1. The Morgan fingerprint density at radius 3 is 2.86 bits per heavy atom.